The fourth-order valence-corrected chi connectivity index (χ4v) is 3.23. The highest BCUT2D eigenvalue weighted by atomic mass is 15.1. The Bertz CT molecular complexity index is 539. The molecule has 3 rings (SSSR count). The molecule has 0 saturated carbocycles. The molecule has 0 aromatic heterocycles. The summed E-state index contributed by atoms with van der Waals surface area (Å²) in [4.78, 5) is 2.44. The summed E-state index contributed by atoms with van der Waals surface area (Å²) in [5.74, 6) is 0.742. The Morgan fingerprint density at radius 3 is 2.30 bits per heavy atom. The first kappa shape index (κ1) is 13.4. The molecule has 2 aromatic rings. The number of rotatable bonds is 3. The lowest BCUT2D eigenvalue weighted by atomic mass is 9.85. The molecular weight excluding hydrogens is 242 g/mol. The van der Waals surface area contributed by atoms with Gasteiger partial charge in [-0.1, -0.05) is 54.6 Å². The van der Waals surface area contributed by atoms with E-state index >= 15 is 0 Å². The molecule has 1 heterocycles. The van der Waals surface area contributed by atoms with Crippen LogP contribution in [0.25, 0.3) is 0 Å². The molecule has 104 valence electrons. The number of piperidine rings is 1. The summed E-state index contributed by atoms with van der Waals surface area (Å²) in [7, 11) is 2.23. The van der Waals surface area contributed by atoms with Crippen molar-refractivity contribution >= 4 is 0 Å². The van der Waals surface area contributed by atoms with Gasteiger partial charge in [-0.05, 0) is 62.0 Å². The van der Waals surface area contributed by atoms with Gasteiger partial charge in [-0.2, -0.15) is 0 Å². The molecule has 0 bridgehead atoms. The zero-order valence-corrected chi connectivity index (χ0v) is 12.3. The molecule has 1 saturated heterocycles. The van der Waals surface area contributed by atoms with Gasteiger partial charge < -0.3 is 4.90 Å². The molecule has 1 fully saturated rings. The minimum Gasteiger partial charge on any atom is -0.306 e. The molecule has 20 heavy (non-hydrogen) atoms. The lowest BCUT2D eigenvalue weighted by molar-refractivity contribution is 0.255. The van der Waals surface area contributed by atoms with Gasteiger partial charge in [0, 0.05) is 0 Å². The van der Waals surface area contributed by atoms with Crippen LogP contribution in [-0.4, -0.2) is 25.0 Å². The average Bonchev–Trinajstić information content (AvgIpc) is 2.50. The third kappa shape index (κ3) is 3.10. The first-order valence-corrected chi connectivity index (χ1v) is 7.63. The summed E-state index contributed by atoms with van der Waals surface area (Å²) >= 11 is 0. The third-order valence-electron chi connectivity index (χ3n) is 4.45. The zero-order chi connectivity index (χ0) is 13.8. The smallest absolute Gasteiger partial charge is 0.00159 e. The van der Waals surface area contributed by atoms with Crippen LogP contribution in [0.4, 0.5) is 0 Å². The molecule has 1 nitrogen and oxygen atoms in total. The van der Waals surface area contributed by atoms with Gasteiger partial charge in [0.1, 0.15) is 0 Å². The minimum absolute atomic E-state index is 0.742. The second kappa shape index (κ2) is 6.23. The predicted molar refractivity (Wildman–Crippen MR) is 85.2 cm³/mol. The van der Waals surface area contributed by atoms with Crippen LogP contribution in [0, 0.1) is 0 Å². The third-order valence-corrected chi connectivity index (χ3v) is 4.45. The number of hydrogen-bond donors (Lipinski definition) is 0. The van der Waals surface area contributed by atoms with Crippen molar-refractivity contribution in [2.45, 2.75) is 25.2 Å². The highest BCUT2D eigenvalue weighted by molar-refractivity contribution is 5.35. The molecule has 0 amide bonds. The highest BCUT2D eigenvalue weighted by Gasteiger charge is 2.20. The van der Waals surface area contributed by atoms with Crippen LogP contribution in [0.1, 0.15) is 35.4 Å². The normalized spacial score (nSPS) is 17.2. The monoisotopic (exact) mass is 265 g/mol. The summed E-state index contributed by atoms with van der Waals surface area (Å²) in [5.41, 5.74) is 4.49. The van der Waals surface area contributed by atoms with Gasteiger partial charge in [0.15, 0.2) is 0 Å². The van der Waals surface area contributed by atoms with E-state index in [0.29, 0.717) is 0 Å². The Kier molecular flexibility index (Phi) is 4.17. The van der Waals surface area contributed by atoms with E-state index in [4.69, 9.17) is 0 Å². The van der Waals surface area contributed by atoms with E-state index in [1.807, 2.05) is 0 Å². The molecule has 2 aromatic carbocycles. The molecule has 0 aliphatic carbocycles. The maximum Gasteiger partial charge on any atom is -0.00159 e. The van der Waals surface area contributed by atoms with Crippen LogP contribution in [0.5, 0.6) is 0 Å². The SMILES string of the molecule is CN1CCC(c2ccccc2Cc2ccccc2)CC1. The van der Waals surface area contributed by atoms with Crippen molar-refractivity contribution in [2.24, 2.45) is 0 Å². The number of likely N-dealkylation sites (tertiary alicyclic amines) is 1. The topological polar surface area (TPSA) is 3.24 Å². The quantitative estimate of drug-likeness (QED) is 0.808. The first-order chi connectivity index (χ1) is 9.83. The molecule has 1 aliphatic rings. The number of benzene rings is 2. The second-order valence-electron chi connectivity index (χ2n) is 5.94. The van der Waals surface area contributed by atoms with Crippen molar-refractivity contribution in [3.63, 3.8) is 0 Å². The Hall–Kier alpha value is -1.60. The molecule has 1 aliphatic heterocycles. The van der Waals surface area contributed by atoms with Gasteiger partial charge in [0.2, 0.25) is 0 Å². The van der Waals surface area contributed by atoms with Crippen LogP contribution in [0.15, 0.2) is 54.6 Å². The van der Waals surface area contributed by atoms with Crippen LogP contribution in [0.2, 0.25) is 0 Å². The molecule has 0 radical (unpaired) electrons. The van der Waals surface area contributed by atoms with E-state index in [2.05, 4.69) is 66.5 Å². The van der Waals surface area contributed by atoms with Gasteiger partial charge >= 0.3 is 0 Å². The molecule has 0 spiro atoms. The first-order valence-electron chi connectivity index (χ1n) is 7.63. The van der Waals surface area contributed by atoms with Crippen molar-refractivity contribution in [3.8, 4) is 0 Å². The second-order valence-corrected chi connectivity index (χ2v) is 5.94. The lowest BCUT2D eigenvalue weighted by Crippen LogP contribution is -2.29. The van der Waals surface area contributed by atoms with E-state index in [0.717, 1.165) is 12.3 Å². The summed E-state index contributed by atoms with van der Waals surface area (Å²) < 4.78 is 0. The number of nitrogens with zero attached hydrogens (tertiary/aromatic N) is 1. The largest absolute Gasteiger partial charge is 0.306 e. The standard InChI is InChI=1S/C19H23N/c1-20-13-11-17(12-14-20)19-10-6-5-9-18(19)15-16-7-3-2-4-8-16/h2-10,17H,11-15H2,1H3. The summed E-state index contributed by atoms with van der Waals surface area (Å²) in [6, 6.07) is 19.8. The lowest BCUT2D eigenvalue weighted by Gasteiger charge is -2.30. The Morgan fingerprint density at radius 2 is 1.55 bits per heavy atom. The fourth-order valence-electron chi connectivity index (χ4n) is 3.23. The van der Waals surface area contributed by atoms with Crippen molar-refractivity contribution in [2.75, 3.05) is 20.1 Å². The highest BCUT2D eigenvalue weighted by Crippen LogP contribution is 2.30. The Labute approximate surface area is 122 Å². The molecular formula is C19H23N. The summed E-state index contributed by atoms with van der Waals surface area (Å²) in [5, 5.41) is 0. The zero-order valence-electron chi connectivity index (χ0n) is 12.3. The van der Waals surface area contributed by atoms with Gasteiger partial charge in [-0.25, -0.2) is 0 Å². The molecule has 0 atom stereocenters. The van der Waals surface area contributed by atoms with E-state index < -0.39 is 0 Å². The summed E-state index contributed by atoms with van der Waals surface area (Å²) in [6.45, 7) is 2.45. The Balaban J connectivity index is 1.81. The van der Waals surface area contributed by atoms with E-state index in [-0.39, 0.29) is 0 Å². The van der Waals surface area contributed by atoms with Crippen molar-refractivity contribution in [1.82, 2.24) is 4.90 Å². The summed E-state index contributed by atoms with van der Waals surface area (Å²) in [6.07, 6.45) is 3.65. The maximum atomic E-state index is 2.44. The van der Waals surface area contributed by atoms with E-state index in [1.54, 1.807) is 5.56 Å². The van der Waals surface area contributed by atoms with E-state index in [1.165, 1.54) is 37.1 Å². The van der Waals surface area contributed by atoms with Crippen molar-refractivity contribution in [3.05, 3.63) is 71.3 Å². The maximum absolute atomic E-state index is 2.44. The Morgan fingerprint density at radius 1 is 0.900 bits per heavy atom. The van der Waals surface area contributed by atoms with Crippen LogP contribution in [-0.2, 0) is 6.42 Å². The fraction of sp³-hybridized carbons (Fsp3) is 0.368. The van der Waals surface area contributed by atoms with Gasteiger partial charge in [-0.3, -0.25) is 0 Å². The molecule has 1 heteroatoms. The van der Waals surface area contributed by atoms with Gasteiger partial charge in [0.25, 0.3) is 0 Å². The minimum atomic E-state index is 0.742. The van der Waals surface area contributed by atoms with E-state index in [9.17, 15) is 0 Å². The van der Waals surface area contributed by atoms with Gasteiger partial charge in [0.05, 0.1) is 0 Å². The van der Waals surface area contributed by atoms with Gasteiger partial charge in [-0.15, -0.1) is 0 Å². The van der Waals surface area contributed by atoms with Crippen molar-refractivity contribution < 1.29 is 0 Å². The molecule has 0 unspecified atom stereocenters. The van der Waals surface area contributed by atoms with Crippen molar-refractivity contribution in [1.29, 1.82) is 0 Å². The average molecular weight is 265 g/mol. The van der Waals surface area contributed by atoms with Crippen LogP contribution >= 0.6 is 0 Å². The molecule has 0 N–H and O–H groups in total. The van der Waals surface area contributed by atoms with Crippen LogP contribution in [0.3, 0.4) is 0 Å². The number of hydrogen-bond acceptors (Lipinski definition) is 1. The predicted octanol–water partition coefficient (Wildman–Crippen LogP) is 4.09. The van der Waals surface area contributed by atoms with Crippen LogP contribution < -0.4 is 0 Å².